The topological polar surface area (TPSA) is 35.2 Å². The molecule has 2 heteroatoms. The smallest absolute Gasteiger partial charge is 0.115 e. The second-order valence-corrected chi connectivity index (χ2v) is 4.02. The van der Waals surface area contributed by atoms with Gasteiger partial charge in [0.15, 0.2) is 0 Å². The van der Waals surface area contributed by atoms with Crippen molar-refractivity contribution in [2.45, 2.75) is 34.1 Å². The number of hydrogen-bond donors (Lipinski definition) is 1. The zero-order valence-corrected chi connectivity index (χ0v) is 12.2. The van der Waals surface area contributed by atoms with Crippen LogP contribution in [0.4, 0.5) is 0 Å². The summed E-state index contributed by atoms with van der Waals surface area (Å²) in [4.78, 5) is 0. The Balaban J connectivity index is 5.02. The molecule has 0 heterocycles. The molecule has 0 fully saturated rings. The first-order valence-corrected chi connectivity index (χ1v) is 6.17. The monoisotopic (exact) mass is 247 g/mol. The summed E-state index contributed by atoms with van der Waals surface area (Å²) in [7, 11) is 1.64. The van der Waals surface area contributed by atoms with Crippen molar-refractivity contribution in [3.63, 3.8) is 0 Å². The van der Waals surface area contributed by atoms with Gasteiger partial charge in [-0.15, -0.1) is 0 Å². The van der Waals surface area contributed by atoms with Gasteiger partial charge in [0, 0.05) is 12.6 Å². The van der Waals surface area contributed by atoms with Crippen molar-refractivity contribution in [3.8, 4) is 0 Å². The normalized spacial score (nSPS) is 15.4. The fourth-order valence-corrected chi connectivity index (χ4v) is 1.53. The molecule has 0 aliphatic rings. The molecular weight excluding hydrogens is 222 g/mol. The number of ether oxygens (including phenoxy) is 1. The predicted octanol–water partition coefficient (Wildman–Crippen LogP) is 4.24. The number of allylic oxidation sites excluding steroid dienone is 8. The van der Waals surface area contributed by atoms with E-state index in [4.69, 9.17) is 10.5 Å². The molecule has 0 atom stereocenters. The maximum atomic E-state index is 5.51. The average molecular weight is 247 g/mol. The largest absolute Gasteiger partial charge is 0.499 e. The maximum Gasteiger partial charge on any atom is 0.115 e. The third-order valence-electron chi connectivity index (χ3n) is 2.88. The highest BCUT2D eigenvalue weighted by Gasteiger charge is 2.05. The first-order chi connectivity index (χ1) is 8.60. The number of hydrogen-bond acceptors (Lipinski definition) is 2. The summed E-state index contributed by atoms with van der Waals surface area (Å²) in [6.07, 6.45) is 12.5. The van der Waals surface area contributed by atoms with Crippen LogP contribution in [0.2, 0.25) is 0 Å². The lowest BCUT2D eigenvalue weighted by Crippen LogP contribution is -1.97. The molecule has 2 nitrogen and oxygen atoms in total. The highest BCUT2D eigenvalue weighted by Crippen LogP contribution is 2.22. The molecule has 0 radical (unpaired) electrons. The van der Waals surface area contributed by atoms with E-state index in [-0.39, 0.29) is 0 Å². The van der Waals surface area contributed by atoms with E-state index in [0.29, 0.717) is 0 Å². The minimum absolute atomic E-state index is 0.726. The van der Waals surface area contributed by atoms with Gasteiger partial charge in [0.05, 0.1) is 7.11 Å². The molecule has 0 aromatic carbocycles. The number of rotatable bonds is 6. The van der Waals surface area contributed by atoms with Gasteiger partial charge in [0.1, 0.15) is 5.76 Å². The first-order valence-electron chi connectivity index (χ1n) is 6.17. The first kappa shape index (κ1) is 16.3. The Labute approximate surface area is 111 Å². The summed E-state index contributed by atoms with van der Waals surface area (Å²) in [6.45, 7) is 8.27. The van der Waals surface area contributed by atoms with Gasteiger partial charge in [-0.25, -0.2) is 0 Å². The molecule has 0 aliphatic carbocycles. The Morgan fingerprint density at radius 3 is 2.28 bits per heavy atom. The van der Waals surface area contributed by atoms with Gasteiger partial charge in [0.25, 0.3) is 0 Å². The molecule has 18 heavy (non-hydrogen) atoms. The third kappa shape index (κ3) is 5.58. The zero-order valence-electron chi connectivity index (χ0n) is 12.2. The van der Waals surface area contributed by atoms with E-state index in [1.165, 1.54) is 22.9 Å². The third-order valence-corrected chi connectivity index (χ3v) is 2.88. The maximum absolute atomic E-state index is 5.51. The fourth-order valence-electron chi connectivity index (χ4n) is 1.53. The van der Waals surface area contributed by atoms with Gasteiger partial charge < -0.3 is 10.5 Å². The van der Waals surface area contributed by atoms with E-state index < -0.39 is 0 Å². The molecular formula is C16H25NO. The highest BCUT2D eigenvalue weighted by atomic mass is 16.5. The summed E-state index contributed by atoms with van der Waals surface area (Å²) in [6, 6.07) is 0. The van der Waals surface area contributed by atoms with E-state index in [2.05, 4.69) is 26.0 Å². The van der Waals surface area contributed by atoms with E-state index in [1.54, 1.807) is 7.11 Å². The number of nitrogens with two attached hydrogens (primary N) is 1. The van der Waals surface area contributed by atoms with E-state index in [0.717, 1.165) is 12.2 Å². The number of methoxy groups -OCH3 is 1. The Bertz CT molecular complexity index is 395. The Kier molecular flexibility index (Phi) is 8.46. The van der Waals surface area contributed by atoms with Crippen molar-refractivity contribution in [1.29, 1.82) is 0 Å². The van der Waals surface area contributed by atoms with Crippen molar-refractivity contribution < 1.29 is 4.74 Å². The van der Waals surface area contributed by atoms with Gasteiger partial charge in [-0.3, -0.25) is 0 Å². The van der Waals surface area contributed by atoms with Crippen molar-refractivity contribution >= 4 is 0 Å². The Morgan fingerprint density at radius 1 is 1.17 bits per heavy atom. The highest BCUT2D eigenvalue weighted by molar-refractivity contribution is 5.39. The second-order valence-electron chi connectivity index (χ2n) is 4.02. The Morgan fingerprint density at radius 2 is 1.83 bits per heavy atom. The molecule has 0 aliphatic heterocycles. The van der Waals surface area contributed by atoms with Crippen LogP contribution in [0.25, 0.3) is 0 Å². The van der Waals surface area contributed by atoms with Gasteiger partial charge >= 0.3 is 0 Å². The summed E-state index contributed by atoms with van der Waals surface area (Å²) >= 11 is 0. The van der Waals surface area contributed by atoms with E-state index >= 15 is 0 Å². The van der Waals surface area contributed by atoms with Crippen LogP contribution in [-0.4, -0.2) is 7.11 Å². The molecule has 0 amide bonds. The lowest BCUT2D eigenvalue weighted by atomic mass is 9.98. The van der Waals surface area contributed by atoms with Crippen LogP contribution in [-0.2, 0) is 4.74 Å². The van der Waals surface area contributed by atoms with E-state index in [1.807, 2.05) is 32.1 Å². The van der Waals surface area contributed by atoms with Gasteiger partial charge in [-0.2, -0.15) is 0 Å². The van der Waals surface area contributed by atoms with Crippen LogP contribution in [0.3, 0.4) is 0 Å². The minimum atomic E-state index is 0.726. The molecule has 100 valence electrons. The second kappa shape index (κ2) is 9.34. The van der Waals surface area contributed by atoms with Crippen LogP contribution >= 0.6 is 0 Å². The molecule has 0 rings (SSSR count). The molecule has 0 spiro atoms. The lowest BCUT2D eigenvalue weighted by Gasteiger charge is -2.11. The SMILES string of the molecule is C/C=C/C=C\C(C)=C(C)\C(=C\C)C/C(=C\N)OC. The summed E-state index contributed by atoms with van der Waals surface area (Å²) < 4.78 is 5.20. The standard InChI is InChI=1S/C16H25NO/c1-6-8-9-10-13(3)14(4)15(7-2)11-16(12-17)18-5/h6-10,12H,11,17H2,1-5H3/b8-6+,10-9-,14-13+,15-7+,16-12+. The molecule has 0 unspecified atom stereocenters. The lowest BCUT2D eigenvalue weighted by molar-refractivity contribution is 0.282. The molecule has 2 N–H and O–H groups in total. The summed E-state index contributed by atoms with van der Waals surface area (Å²) in [5, 5.41) is 0. The molecule has 0 saturated heterocycles. The van der Waals surface area contributed by atoms with Gasteiger partial charge in [0.2, 0.25) is 0 Å². The van der Waals surface area contributed by atoms with Crippen LogP contribution < -0.4 is 5.73 Å². The van der Waals surface area contributed by atoms with Crippen molar-refractivity contribution in [1.82, 2.24) is 0 Å². The molecule has 0 aromatic rings. The van der Waals surface area contributed by atoms with Crippen molar-refractivity contribution in [2.75, 3.05) is 7.11 Å². The average Bonchev–Trinajstić information content (AvgIpc) is 2.39. The van der Waals surface area contributed by atoms with E-state index in [9.17, 15) is 0 Å². The van der Waals surface area contributed by atoms with Crippen molar-refractivity contribution in [2.24, 2.45) is 5.73 Å². The Hall–Kier alpha value is -1.70. The molecule has 0 saturated carbocycles. The minimum Gasteiger partial charge on any atom is -0.499 e. The predicted molar refractivity (Wildman–Crippen MR) is 80.0 cm³/mol. The van der Waals surface area contributed by atoms with Crippen molar-refractivity contribution in [3.05, 3.63) is 59.1 Å². The van der Waals surface area contributed by atoms with Gasteiger partial charge in [-0.05, 0) is 44.4 Å². The zero-order chi connectivity index (χ0) is 14.0. The summed E-state index contributed by atoms with van der Waals surface area (Å²) in [5.74, 6) is 0.785. The van der Waals surface area contributed by atoms with Gasteiger partial charge in [-0.1, -0.05) is 30.4 Å². The van der Waals surface area contributed by atoms with Crippen LogP contribution in [0, 0.1) is 0 Å². The quantitative estimate of drug-likeness (QED) is 0.563. The summed E-state index contributed by atoms with van der Waals surface area (Å²) in [5.41, 5.74) is 9.24. The van der Waals surface area contributed by atoms with Crippen LogP contribution in [0.15, 0.2) is 59.1 Å². The molecule has 0 aromatic heterocycles. The molecule has 0 bridgehead atoms. The van der Waals surface area contributed by atoms with Crippen LogP contribution in [0.1, 0.15) is 34.1 Å². The fraction of sp³-hybridized carbons (Fsp3) is 0.375. The van der Waals surface area contributed by atoms with Crippen LogP contribution in [0.5, 0.6) is 0 Å².